The molecular formula is C29H43N3O5S. The molecule has 4 rings (SSSR count). The van der Waals surface area contributed by atoms with E-state index in [0.717, 1.165) is 57.3 Å². The van der Waals surface area contributed by atoms with Crippen LogP contribution in [0.4, 0.5) is 11.4 Å². The molecular weight excluding hydrogens is 502 g/mol. The summed E-state index contributed by atoms with van der Waals surface area (Å²) in [5, 5.41) is 12.2. The molecule has 8 nitrogen and oxygen atoms in total. The van der Waals surface area contributed by atoms with Gasteiger partial charge in [0.1, 0.15) is 6.04 Å². The van der Waals surface area contributed by atoms with Crippen molar-refractivity contribution >= 4 is 40.9 Å². The maximum Gasteiger partial charge on any atom is 0.311 e. The number of amides is 2. The van der Waals surface area contributed by atoms with Crippen LogP contribution < -0.4 is 10.2 Å². The number of ether oxygens (including phenoxy) is 1. The molecule has 0 radical (unpaired) electrons. The number of carbonyl (C=O) groups is 3. The van der Waals surface area contributed by atoms with E-state index in [1.54, 1.807) is 23.6 Å². The molecule has 1 aromatic carbocycles. The number of carbonyl (C=O) groups excluding carboxylic acids is 3. The first-order valence-corrected chi connectivity index (χ1v) is 15.0. The SMILES string of the molecule is CCOC(=O)[C@@H]1[C@H]2C(=O)N(CCCCCCO)C(C(=O)Nc3ccc(N(CC)CC)cc3)C23CC[C@@]1(C)S3. The van der Waals surface area contributed by atoms with Gasteiger partial charge in [0.15, 0.2) is 0 Å². The molecule has 2 amide bonds. The van der Waals surface area contributed by atoms with Gasteiger partial charge in [-0.25, -0.2) is 0 Å². The predicted molar refractivity (Wildman–Crippen MR) is 151 cm³/mol. The van der Waals surface area contributed by atoms with Crippen LogP contribution in [0.3, 0.4) is 0 Å². The largest absolute Gasteiger partial charge is 0.466 e. The molecule has 3 heterocycles. The summed E-state index contributed by atoms with van der Waals surface area (Å²) in [4.78, 5) is 45.1. The van der Waals surface area contributed by atoms with E-state index < -0.39 is 27.4 Å². The van der Waals surface area contributed by atoms with Crippen molar-refractivity contribution in [3.05, 3.63) is 24.3 Å². The molecule has 0 saturated carbocycles. The third-order valence-corrected chi connectivity index (χ3v) is 10.6. The lowest BCUT2D eigenvalue weighted by Crippen LogP contribution is -2.51. The molecule has 1 spiro atoms. The number of esters is 1. The number of unbranched alkanes of at least 4 members (excludes halogenated alkanes) is 3. The van der Waals surface area contributed by atoms with Gasteiger partial charge >= 0.3 is 5.97 Å². The van der Waals surface area contributed by atoms with E-state index in [1.807, 2.05) is 24.3 Å². The molecule has 3 fully saturated rings. The topological polar surface area (TPSA) is 99.2 Å². The van der Waals surface area contributed by atoms with Crippen LogP contribution in [0.15, 0.2) is 24.3 Å². The van der Waals surface area contributed by atoms with Gasteiger partial charge in [-0.05, 0) is 77.6 Å². The maximum absolute atomic E-state index is 14.0. The predicted octanol–water partition coefficient (Wildman–Crippen LogP) is 4.07. The van der Waals surface area contributed by atoms with Crippen molar-refractivity contribution in [3.8, 4) is 0 Å². The fourth-order valence-corrected chi connectivity index (χ4v) is 9.20. The molecule has 3 aliphatic heterocycles. The van der Waals surface area contributed by atoms with Crippen molar-refractivity contribution in [2.45, 2.75) is 81.8 Å². The van der Waals surface area contributed by atoms with Gasteiger partial charge in [0, 0.05) is 42.4 Å². The summed E-state index contributed by atoms with van der Waals surface area (Å²) < 4.78 is 4.39. The first-order chi connectivity index (χ1) is 18.3. The van der Waals surface area contributed by atoms with Crippen LogP contribution in [0.25, 0.3) is 0 Å². The molecule has 5 atom stereocenters. The van der Waals surface area contributed by atoms with E-state index in [2.05, 4.69) is 31.0 Å². The molecule has 2 bridgehead atoms. The van der Waals surface area contributed by atoms with Crippen LogP contribution in [0.2, 0.25) is 0 Å². The number of thioether (sulfide) groups is 1. The zero-order valence-electron chi connectivity index (χ0n) is 23.2. The fourth-order valence-electron chi connectivity index (χ4n) is 6.86. The van der Waals surface area contributed by atoms with Gasteiger partial charge in [-0.3, -0.25) is 14.4 Å². The van der Waals surface area contributed by atoms with Crippen molar-refractivity contribution in [2.75, 3.05) is 43.1 Å². The highest BCUT2D eigenvalue weighted by Crippen LogP contribution is 2.71. The van der Waals surface area contributed by atoms with E-state index in [9.17, 15) is 14.4 Å². The summed E-state index contributed by atoms with van der Waals surface area (Å²) in [5.41, 5.74) is 1.80. The monoisotopic (exact) mass is 545 g/mol. The summed E-state index contributed by atoms with van der Waals surface area (Å²) in [6.07, 6.45) is 4.73. The van der Waals surface area contributed by atoms with Crippen molar-refractivity contribution in [1.82, 2.24) is 4.90 Å². The number of nitrogens with zero attached hydrogens (tertiary/aromatic N) is 2. The molecule has 210 valence electrons. The Morgan fingerprint density at radius 2 is 1.79 bits per heavy atom. The number of hydrogen-bond donors (Lipinski definition) is 2. The minimum Gasteiger partial charge on any atom is -0.466 e. The number of hydrogen-bond acceptors (Lipinski definition) is 7. The van der Waals surface area contributed by atoms with Crippen LogP contribution in [0.1, 0.15) is 66.2 Å². The molecule has 2 unspecified atom stereocenters. The highest BCUT2D eigenvalue weighted by atomic mass is 32.2. The number of benzene rings is 1. The van der Waals surface area contributed by atoms with Gasteiger partial charge in [-0.1, -0.05) is 12.8 Å². The maximum atomic E-state index is 14.0. The van der Waals surface area contributed by atoms with Crippen LogP contribution in [-0.2, 0) is 19.1 Å². The number of anilines is 2. The van der Waals surface area contributed by atoms with Crippen molar-refractivity contribution < 1.29 is 24.2 Å². The van der Waals surface area contributed by atoms with Crippen LogP contribution in [-0.4, -0.2) is 76.2 Å². The second kappa shape index (κ2) is 11.9. The number of rotatable bonds is 13. The average Bonchev–Trinajstić information content (AvgIpc) is 3.46. The Labute approximate surface area is 230 Å². The molecule has 3 aliphatic rings. The van der Waals surface area contributed by atoms with Crippen LogP contribution in [0.5, 0.6) is 0 Å². The molecule has 3 saturated heterocycles. The third-order valence-electron chi connectivity index (χ3n) is 8.64. The summed E-state index contributed by atoms with van der Waals surface area (Å²) in [6, 6.07) is 7.20. The Kier molecular flexibility index (Phi) is 8.97. The molecule has 0 aromatic heterocycles. The van der Waals surface area contributed by atoms with E-state index in [0.29, 0.717) is 12.2 Å². The number of aliphatic hydroxyl groups is 1. The van der Waals surface area contributed by atoms with Gasteiger partial charge < -0.3 is 25.0 Å². The van der Waals surface area contributed by atoms with Crippen molar-refractivity contribution in [1.29, 1.82) is 0 Å². The normalized spacial score (nSPS) is 29.4. The molecule has 9 heteroatoms. The molecule has 2 N–H and O–H groups in total. The van der Waals surface area contributed by atoms with Crippen LogP contribution in [0, 0.1) is 11.8 Å². The second-order valence-electron chi connectivity index (χ2n) is 10.9. The number of fused-ring (bicyclic) bond motifs is 1. The van der Waals surface area contributed by atoms with Crippen molar-refractivity contribution in [3.63, 3.8) is 0 Å². The van der Waals surface area contributed by atoms with E-state index in [1.165, 1.54) is 0 Å². The standard InChI is InChI=1S/C29H43N3O5S/c1-5-31(6-2)21-14-12-20(13-15-21)30-25(34)24-29-17-16-28(4,38-29)23(27(36)37-7-3)22(29)26(35)32(24)18-10-8-9-11-19-33/h12-15,22-24,33H,5-11,16-19H2,1-4H3,(H,30,34)/t22-,23-,24?,28+,29?/m0/s1. The minimum absolute atomic E-state index is 0.0989. The average molecular weight is 546 g/mol. The van der Waals surface area contributed by atoms with Gasteiger partial charge in [0.25, 0.3) is 0 Å². The zero-order valence-corrected chi connectivity index (χ0v) is 24.0. The van der Waals surface area contributed by atoms with Gasteiger partial charge in [0.2, 0.25) is 11.8 Å². The fraction of sp³-hybridized carbons (Fsp3) is 0.690. The summed E-state index contributed by atoms with van der Waals surface area (Å²) in [7, 11) is 0. The second-order valence-corrected chi connectivity index (χ2v) is 12.8. The minimum atomic E-state index is -0.647. The summed E-state index contributed by atoms with van der Waals surface area (Å²) in [6.45, 7) is 10.8. The third kappa shape index (κ3) is 5.04. The lowest BCUT2D eigenvalue weighted by Gasteiger charge is -2.34. The molecule has 1 aromatic rings. The Morgan fingerprint density at radius 3 is 2.42 bits per heavy atom. The highest BCUT2D eigenvalue weighted by molar-refractivity contribution is 8.02. The number of nitrogens with one attached hydrogen (secondary N) is 1. The van der Waals surface area contributed by atoms with E-state index in [4.69, 9.17) is 9.84 Å². The Balaban J connectivity index is 1.61. The molecule has 0 aliphatic carbocycles. The zero-order chi connectivity index (χ0) is 27.5. The Bertz CT molecular complexity index is 1020. The van der Waals surface area contributed by atoms with Crippen LogP contribution >= 0.6 is 11.8 Å². The van der Waals surface area contributed by atoms with E-state index >= 15 is 0 Å². The smallest absolute Gasteiger partial charge is 0.311 e. The van der Waals surface area contributed by atoms with Gasteiger partial charge in [-0.2, -0.15) is 0 Å². The molecule has 38 heavy (non-hydrogen) atoms. The quantitative estimate of drug-likeness (QED) is 0.285. The highest BCUT2D eigenvalue weighted by Gasteiger charge is 2.77. The van der Waals surface area contributed by atoms with Crippen molar-refractivity contribution in [2.24, 2.45) is 11.8 Å². The van der Waals surface area contributed by atoms with Gasteiger partial charge in [-0.15, -0.1) is 11.8 Å². The lowest BCUT2D eigenvalue weighted by molar-refractivity contribution is -0.155. The first kappa shape index (κ1) is 28.7. The summed E-state index contributed by atoms with van der Waals surface area (Å²) >= 11 is 1.66. The number of likely N-dealkylation sites (tertiary alicyclic amines) is 1. The van der Waals surface area contributed by atoms with Gasteiger partial charge in [0.05, 0.1) is 23.2 Å². The summed E-state index contributed by atoms with van der Waals surface area (Å²) in [5.74, 6) is -1.70. The Hall–Kier alpha value is -2.26. The van der Waals surface area contributed by atoms with E-state index in [-0.39, 0.29) is 31.0 Å². The first-order valence-electron chi connectivity index (χ1n) is 14.2. The lowest BCUT2D eigenvalue weighted by atomic mass is 9.66. The Morgan fingerprint density at radius 1 is 1.11 bits per heavy atom. The number of aliphatic hydroxyl groups excluding tert-OH is 1.